The minimum absolute atomic E-state index is 0.148. The highest BCUT2D eigenvalue weighted by Crippen LogP contribution is 2.13. The lowest BCUT2D eigenvalue weighted by atomic mass is 9.97. The predicted molar refractivity (Wildman–Crippen MR) is 62.1 cm³/mol. The monoisotopic (exact) mass is 240 g/mol. The van der Waals surface area contributed by atoms with Crippen LogP contribution < -0.4 is 5.32 Å². The molecule has 94 valence electrons. The summed E-state index contributed by atoms with van der Waals surface area (Å²) in [5, 5.41) is 12.5. The third-order valence-corrected chi connectivity index (χ3v) is 2.86. The van der Waals surface area contributed by atoms with E-state index in [0.29, 0.717) is 12.8 Å². The highest BCUT2D eigenvalue weighted by molar-refractivity contribution is 5.93. The van der Waals surface area contributed by atoms with Crippen molar-refractivity contribution in [2.45, 2.75) is 32.3 Å². The molecular formula is C12H17FN2O2. The first kappa shape index (κ1) is 13.6. The molecule has 0 spiro atoms. The van der Waals surface area contributed by atoms with Crippen LogP contribution in [0.25, 0.3) is 0 Å². The Balaban J connectivity index is 2.62. The minimum Gasteiger partial charge on any atom is -0.388 e. The van der Waals surface area contributed by atoms with E-state index in [-0.39, 0.29) is 12.1 Å². The number of carbonyl (C=O) groups is 1. The highest BCUT2D eigenvalue weighted by atomic mass is 19.1. The second kappa shape index (κ2) is 5.72. The number of nitrogens with one attached hydrogen (secondary N) is 1. The Kier molecular flexibility index (Phi) is 4.57. The Morgan fingerprint density at radius 2 is 2.12 bits per heavy atom. The van der Waals surface area contributed by atoms with Crippen molar-refractivity contribution < 1.29 is 14.3 Å². The Bertz CT molecular complexity index is 392. The first-order valence-electron chi connectivity index (χ1n) is 5.62. The molecule has 0 atom stereocenters. The van der Waals surface area contributed by atoms with Gasteiger partial charge in [-0.15, -0.1) is 0 Å². The van der Waals surface area contributed by atoms with Crippen molar-refractivity contribution in [3.8, 4) is 0 Å². The molecule has 17 heavy (non-hydrogen) atoms. The van der Waals surface area contributed by atoms with Crippen molar-refractivity contribution in [1.29, 1.82) is 0 Å². The summed E-state index contributed by atoms with van der Waals surface area (Å²) in [5.74, 6) is -0.990. The van der Waals surface area contributed by atoms with Crippen molar-refractivity contribution in [2.75, 3.05) is 6.54 Å². The molecule has 1 aromatic rings. The number of nitrogens with zero attached hydrogens (tertiary/aromatic N) is 1. The molecule has 1 heterocycles. The minimum atomic E-state index is -0.906. The molecule has 0 aliphatic heterocycles. The first-order chi connectivity index (χ1) is 8.00. The van der Waals surface area contributed by atoms with Crippen LogP contribution in [-0.4, -0.2) is 28.1 Å². The van der Waals surface area contributed by atoms with E-state index in [4.69, 9.17) is 0 Å². The second-order valence-corrected chi connectivity index (χ2v) is 4.01. The second-order valence-electron chi connectivity index (χ2n) is 4.01. The van der Waals surface area contributed by atoms with Gasteiger partial charge in [-0.3, -0.25) is 9.78 Å². The summed E-state index contributed by atoms with van der Waals surface area (Å²) < 4.78 is 12.8. The quantitative estimate of drug-likeness (QED) is 0.820. The van der Waals surface area contributed by atoms with Crippen LogP contribution in [0.1, 0.15) is 37.0 Å². The summed E-state index contributed by atoms with van der Waals surface area (Å²) in [7, 11) is 0. The Hall–Kier alpha value is -1.49. The molecule has 2 N–H and O–H groups in total. The number of amides is 1. The SMILES string of the molecule is CCC(O)(CC)CNC(=O)c1cncc(F)c1. The number of carbonyl (C=O) groups excluding carboxylic acids is 1. The normalized spacial score (nSPS) is 11.3. The summed E-state index contributed by atoms with van der Waals surface area (Å²) >= 11 is 0. The zero-order chi connectivity index (χ0) is 12.9. The molecule has 1 aromatic heterocycles. The van der Waals surface area contributed by atoms with Crippen molar-refractivity contribution in [3.63, 3.8) is 0 Å². The van der Waals surface area contributed by atoms with Gasteiger partial charge in [-0.1, -0.05) is 13.8 Å². The number of aromatic nitrogens is 1. The number of pyridine rings is 1. The lowest BCUT2D eigenvalue weighted by Crippen LogP contribution is -2.42. The van der Waals surface area contributed by atoms with Gasteiger partial charge in [0.05, 0.1) is 17.4 Å². The lowest BCUT2D eigenvalue weighted by molar-refractivity contribution is 0.0314. The molecule has 0 saturated heterocycles. The van der Waals surface area contributed by atoms with E-state index >= 15 is 0 Å². The molecule has 0 aliphatic rings. The van der Waals surface area contributed by atoms with Crippen LogP contribution >= 0.6 is 0 Å². The summed E-state index contributed by atoms with van der Waals surface area (Å²) in [6, 6.07) is 1.11. The molecule has 0 aromatic carbocycles. The van der Waals surface area contributed by atoms with Gasteiger partial charge in [0.15, 0.2) is 0 Å². The van der Waals surface area contributed by atoms with Gasteiger partial charge in [-0.25, -0.2) is 4.39 Å². The molecule has 5 heteroatoms. The average molecular weight is 240 g/mol. The molecule has 0 bridgehead atoms. The predicted octanol–water partition coefficient (Wildman–Crippen LogP) is 1.50. The zero-order valence-electron chi connectivity index (χ0n) is 10.0. The van der Waals surface area contributed by atoms with Gasteiger partial charge < -0.3 is 10.4 Å². The summed E-state index contributed by atoms with van der Waals surface area (Å²) in [5.41, 5.74) is -0.754. The van der Waals surface area contributed by atoms with E-state index in [2.05, 4.69) is 10.3 Å². The largest absolute Gasteiger partial charge is 0.388 e. The molecule has 0 unspecified atom stereocenters. The third-order valence-electron chi connectivity index (χ3n) is 2.86. The maximum Gasteiger partial charge on any atom is 0.253 e. The van der Waals surface area contributed by atoms with Crippen molar-refractivity contribution in [2.24, 2.45) is 0 Å². The fourth-order valence-electron chi connectivity index (χ4n) is 1.38. The van der Waals surface area contributed by atoms with E-state index in [0.717, 1.165) is 12.3 Å². The molecule has 0 saturated carbocycles. The Morgan fingerprint density at radius 1 is 1.47 bits per heavy atom. The number of hydrogen-bond acceptors (Lipinski definition) is 3. The zero-order valence-corrected chi connectivity index (χ0v) is 10.0. The van der Waals surface area contributed by atoms with Crippen LogP contribution in [0.3, 0.4) is 0 Å². The van der Waals surface area contributed by atoms with Crippen molar-refractivity contribution in [1.82, 2.24) is 10.3 Å². The number of rotatable bonds is 5. The van der Waals surface area contributed by atoms with Gasteiger partial charge in [-0.2, -0.15) is 0 Å². The maximum atomic E-state index is 12.8. The fraction of sp³-hybridized carbons (Fsp3) is 0.500. The van der Waals surface area contributed by atoms with Crippen LogP contribution in [0, 0.1) is 5.82 Å². The standard InChI is InChI=1S/C12H17FN2O2/c1-3-12(17,4-2)8-15-11(16)9-5-10(13)7-14-6-9/h5-7,17H,3-4,8H2,1-2H3,(H,15,16). The smallest absolute Gasteiger partial charge is 0.253 e. The number of hydrogen-bond donors (Lipinski definition) is 2. The molecular weight excluding hydrogens is 223 g/mol. The van der Waals surface area contributed by atoms with Gasteiger partial charge in [0.1, 0.15) is 5.82 Å². The van der Waals surface area contributed by atoms with Crippen molar-refractivity contribution >= 4 is 5.91 Å². The Morgan fingerprint density at radius 3 is 2.65 bits per heavy atom. The van der Waals surface area contributed by atoms with Gasteiger partial charge in [0.2, 0.25) is 0 Å². The van der Waals surface area contributed by atoms with E-state index in [1.807, 2.05) is 13.8 Å². The van der Waals surface area contributed by atoms with Crippen molar-refractivity contribution in [3.05, 3.63) is 29.8 Å². The van der Waals surface area contributed by atoms with Crippen LogP contribution in [0.15, 0.2) is 18.5 Å². The maximum absolute atomic E-state index is 12.8. The molecule has 1 rings (SSSR count). The van der Waals surface area contributed by atoms with Gasteiger partial charge in [0.25, 0.3) is 5.91 Å². The summed E-state index contributed by atoms with van der Waals surface area (Å²) in [4.78, 5) is 15.2. The van der Waals surface area contributed by atoms with Crippen LogP contribution in [0.4, 0.5) is 4.39 Å². The van der Waals surface area contributed by atoms with Crippen LogP contribution in [0.2, 0.25) is 0 Å². The van der Waals surface area contributed by atoms with Gasteiger partial charge in [0, 0.05) is 12.7 Å². The fourth-order valence-corrected chi connectivity index (χ4v) is 1.38. The highest BCUT2D eigenvalue weighted by Gasteiger charge is 2.23. The summed E-state index contributed by atoms with van der Waals surface area (Å²) in [6.07, 6.45) is 3.41. The van der Waals surface area contributed by atoms with E-state index < -0.39 is 17.3 Å². The number of halogens is 1. The molecule has 0 fully saturated rings. The molecule has 1 amide bonds. The molecule has 0 radical (unpaired) electrons. The lowest BCUT2D eigenvalue weighted by Gasteiger charge is -2.25. The van der Waals surface area contributed by atoms with Crippen LogP contribution in [0.5, 0.6) is 0 Å². The molecule has 0 aliphatic carbocycles. The first-order valence-corrected chi connectivity index (χ1v) is 5.62. The number of aliphatic hydroxyl groups is 1. The third kappa shape index (κ3) is 3.78. The van der Waals surface area contributed by atoms with E-state index in [1.165, 1.54) is 6.20 Å². The topological polar surface area (TPSA) is 62.2 Å². The van der Waals surface area contributed by atoms with E-state index in [9.17, 15) is 14.3 Å². The van der Waals surface area contributed by atoms with E-state index in [1.54, 1.807) is 0 Å². The molecule has 4 nitrogen and oxygen atoms in total. The van der Waals surface area contributed by atoms with Gasteiger partial charge >= 0.3 is 0 Å². The average Bonchev–Trinajstić information content (AvgIpc) is 2.35. The Labute approximate surface area is 99.9 Å². The summed E-state index contributed by atoms with van der Waals surface area (Å²) in [6.45, 7) is 3.84. The van der Waals surface area contributed by atoms with Gasteiger partial charge in [-0.05, 0) is 18.9 Å². The van der Waals surface area contributed by atoms with Crippen LogP contribution in [-0.2, 0) is 0 Å².